The summed E-state index contributed by atoms with van der Waals surface area (Å²) >= 11 is 0. The summed E-state index contributed by atoms with van der Waals surface area (Å²) in [6.45, 7) is 3.14. The van der Waals surface area contributed by atoms with Crippen LogP contribution < -0.4 is 9.64 Å². The Balaban J connectivity index is 2.37. The van der Waals surface area contributed by atoms with Crippen LogP contribution in [0, 0.1) is 6.92 Å². The first-order chi connectivity index (χ1) is 9.95. The molecule has 2 aromatic rings. The third-order valence-corrected chi connectivity index (χ3v) is 3.74. The number of ether oxygens (including phenoxy) is 2. The molecule has 1 aromatic heterocycles. The van der Waals surface area contributed by atoms with E-state index in [-0.39, 0.29) is 5.97 Å². The fourth-order valence-corrected chi connectivity index (χ4v) is 2.36. The van der Waals surface area contributed by atoms with Gasteiger partial charge in [0, 0.05) is 23.6 Å². The third-order valence-electron chi connectivity index (χ3n) is 3.74. The number of fused-ring (bicyclic) bond motifs is 1. The summed E-state index contributed by atoms with van der Waals surface area (Å²) in [7, 11) is 7.63. The van der Waals surface area contributed by atoms with Gasteiger partial charge in [0.25, 0.3) is 0 Å². The molecular weight excluding hydrogens is 268 g/mol. The molecule has 2 rings (SSSR count). The summed E-state index contributed by atoms with van der Waals surface area (Å²) in [4.78, 5) is 13.6. The molecule has 1 aromatic carbocycles. The van der Waals surface area contributed by atoms with Crippen LogP contribution in [0.15, 0.2) is 18.2 Å². The van der Waals surface area contributed by atoms with Gasteiger partial charge in [0.2, 0.25) is 0 Å². The van der Waals surface area contributed by atoms with Crippen LogP contribution in [0.2, 0.25) is 0 Å². The van der Waals surface area contributed by atoms with E-state index in [4.69, 9.17) is 9.47 Å². The Kier molecular flexibility index (Phi) is 4.53. The minimum Gasteiger partial charge on any atom is -0.497 e. The Morgan fingerprint density at radius 2 is 2.05 bits per heavy atom. The highest BCUT2D eigenvalue weighted by Crippen LogP contribution is 2.29. The highest BCUT2D eigenvalue weighted by atomic mass is 16.5. The number of esters is 1. The Hall–Kier alpha value is -2.01. The molecule has 1 heterocycles. The lowest BCUT2D eigenvalue weighted by Gasteiger charge is -2.08. The Bertz CT molecular complexity index is 659. The zero-order valence-electron chi connectivity index (χ0n) is 13.3. The van der Waals surface area contributed by atoms with Gasteiger partial charge in [-0.25, -0.2) is 4.79 Å². The smallest absolute Gasteiger partial charge is 0.340 e. The number of carbonyl (C=O) groups excluding carboxylic acids is 1. The van der Waals surface area contributed by atoms with E-state index in [2.05, 4.69) is 0 Å². The van der Waals surface area contributed by atoms with Crippen LogP contribution in [0.3, 0.4) is 0 Å². The van der Waals surface area contributed by atoms with E-state index in [9.17, 15) is 4.79 Å². The monoisotopic (exact) mass is 291 g/mol. The topological polar surface area (TPSA) is 44.9 Å². The first kappa shape index (κ1) is 15.4. The molecule has 0 atom stereocenters. The molecular formula is C16H23N2O3+. The molecule has 0 radical (unpaired) electrons. The van der Waals surface area contributed by atoms with Crippen molar-refractivity contribution in [2.75, 3.05) is 34.4 Å². The molecule has 0 unspecified atom stereocenters. The summed E-state index contributed by atoms with van der Waals surface area (Å²) in [6.07, 6.45) is 0. The third kappa shape index (κ3) is 3.03. The molecule has 0 fully saturated rings. The maximum atomic E-state index is 12.4. The van der Waals surface area contributed by atoms with Crippen LogP contribution in [0.1, 0.15) is 16.1 Å². The molecule has 0 spiro atoms. The van der Waals surface area contributed by atoms with E-state index in [1.807, 2.05) is 50.8 Å². The molecule has 0 saturated carbocycles. The predicted molar refractivity (Wildman–Crippen MR) is 82.2 cm³/mol. The van der Waals surface area contributed by atoms with Crippen LogP contribution >= 0.6 is 0 Å². The van der Waals surface area contributed by atoms with Gasteiger partial charge in [-0.1, -0.05) is 0 Å². The lowest BCUT2D eigenvalue weighted by Crippen LogP contribution is -3.06. The number of rotatable bonds is 5. The van der Waals surface area contributed by atoms with Crippen LogP contribution in [-0.2, 0) is 11.8 Å². The fraction of sp³-hybridized carbons (Fsp3) is 0.438. The highest BCUT2D eigenvalue weighted by Gasteiger charge is 2.20. The second-order valence-electron chi connectivity index (χ2n) is 5.50. The number of quaternary nitrogens is 1. The number of methoxy groups -OCH3 is 1. The van der Waals surface area contributed by atoms with Gasteiger partial charge in [-0.3, -0.25) is 0 Å². The molecule has 21 heavy (non-hydrogen) atoms. The summed E-state index contributed by atoms with van der Waals surface area (Å²) in [5, 5.41) is 0.872. The number of carbonyl (C=O) groups is 1. The van der Waals surface area contributed by atoms with Crippen molar-refractivity contribution in [2.24, 2.45) is 7.05 Å². The minimum absolute atomic E-state index is 0.271. The number of aromatic nitrogens is 1. The number of aryl methyl sites for hydroxylation is 1. The minimum atomic E-state index is -0.271. The van der Waals surface area contributed by atoms with Gasteiger partial charge in [-0.2, -0.15) is 0 Å². The molecule has 0 aliphatic carbocycles. The van der Waals surface area contributed by atoms with Gasteiger partial charge in [0.15, 0.2) is 0 Å². The maximum absolute atomic E-state index is 12.4. The number of hydrogen-bond donors (Lipinski definition) is 1. The summed E-state index contributed by atoms with van der Waals surface area (Å²) in [5.74, 6) is 0.465. The Labute approximate surface area is 125 Å². The molecule has 5 heteroatoms. The molecule has 0 bridgehead atoms. The first-order valence-corrected chi connectivity index (χ1v) is 7.05. The number of hydrogen-bond acceptors (Lipinski definition) is 3. The SMILES string of the molecule is COc1ccc2c(c1)c(C(=O)OCC[NH+](C)C)c(C)n2C. The number of nitrogens with zero attached hydrogens (tertiary/aromatic N) is 1. The lowest BCUT2D eigenvalue weighted by molar-refractivity contribution is -0.858. The highest BCUT2D eigenvalue weighted by molar-refractivity contribution is 6.06. The number of likely N-dealkylation sites (N-methyl/N-ethyl adjacent to an activating group) is 1. The van der Waals surface area contributed by atoms with E-state index >= 15 is 0 Å². The van der Waals surface area contributed by atoms with Crippen molar-refractivity contribution >= 4 is 16.9 Å². The van der Waals surface area contributed by atoms with Crippen LogP contribution in [0.25, 0.3) is 10.9 Å². The normalized spacial score (nSPS) is 11.1. The first-order valence-electron chi connectivity index (χ1n) is 7.05. The average molecular weight is 291 g/mol. The predicted octanol–water partition coefficient (Wildman–Crippen LogP) is 0.797. The van der Waals surface area contributed by atoms with Crippen molar-refractivity contribution in [3.63, 3.8) is 0 Å². The van der Waals surface area contributed by atoms with E-state index in [1.54, 1.807) is 7.11 Å². The largest absolute Gasteiger partial charge is 0.497 e. The average Bonchev–Trinajstić information content (AvgIpc) is 2.70. The summed E-state index contributed by atoms with van der Waals surface area (Å²) in [6, 6.07) is 5.74. The van der Waals surface area contributed by atoms with Crippen LogP contribution in [-0.4, -0.2) is 44.9 Å². The molecule has 0 aliphatic heterocycles. The number of benzene rings is 1. The second-order valence-corrected chi connectivity index (χ2v) is 5.50. The quantitative estimate of drug-likeness (QED) is 0.829. The fourth-order valence-electron chi connectivity index (χ4n) is 2.36. The van der Waals surface area contributed by atoms with Crippen LogP contribution in [0.4, 0.5) is 0 Å². The van der Waals surface area contributed by atoms with E-state index in [0.717, 1.165) is 28.9 Å². The van der Waals surface area contributed by atoms with Crippen molar-refractivity contribution < 1.29 is 19.2 Å². The van der Waals surface area contributed by atoms with Crippen molar-refractivity contribution in [2.45, 2.75) is 6.92 Å². The molecule has 114 valence electrons. The van der Waals surface area contributed by atoms with Crippen molar-refractivity contribution in [1.29, 1.82) is 0 Å². The van der Waals surface area contributed by atoms with E-state index < -0.39 is 0 Å². The van der Waals surface area contributed by atoms with Crippen molar-refractivity contribution in [3.8, 4) is 5.75 Å². The maximum Gasteiger partial charge on any atom is 0.340 e. The van der Waals surface area contributed by atoms with E-state index in [1.165, 1.54) is 4.90 Å². The molecule has 5 nitrogen and oxygen atoms in total. The van der Waals surface area contributed by atoms with Gasteiger partial charge >= 0.3 is 5.97 Å². The molecule has 1 N–H and O–H groups in total. The number of nitrogens with one attached hydrogen (secondary N) is 1. The van der Waals surface area contributed by atoms with Gasteiger partial charge in [-0.15, -0.1) is 0 Å². The van der Waals surface area contributed by atoms with Gasteiger partial charge in [0.1, 0.15) is 18.9 Å². The molecule has 0 aliphatic rings. The van der Waals surface area contributed by atoms with E-state index in [0.29, 0.717) is 12.2 Å². The van der Waals surface area contributed by atoms with Gasteiger partial charge in [-0.05, 0) is 25.1 Å². The lowest BCUT2D eigenvalue weighted by atomic mass is 10.1. The van der Waals surface area contributed by atoms with Gasteiger partial charge < -0.3 is 18.9 Å². The van der Waals surface area contributed by atoms with Crippen molar-refractivity contribution in [1.82, 2.24) is 4.57 Å². The molecule has 0 amide bonds. The van der Waals surface area contributed by atoms with Crippen LogP contribution in [0.5, 0.6) is 5.75 Å². The molecule has 0 saturated heterocycles. The Morgan fingerprint density at radius 3 is 2.67 bits per heavy atom. The summed E-state index contributed by atoms with van der Waals surface area (Å²) in [5.41, 5.74) is 2.53. The van der Waals surface area contributed by atoms with Gasteiger partial charge in [0.05, 0.1) is 26.8 Å². The Morgan fingerprint density at radius 1 is 1.33 bits per heavy atom. The van der Waals surface area contributed by atoms with Crippen molar-refractivity contribution in [3.05, 3.63) is 29.5 Å². The zero-order chi connectivity index (χ0) is 15.6. The standard InChI is InChI=1S/C16H22N2O3/c1-11-15(16(19)21-9-8-17(2)3)13-10-12(20-5)6-7-14(13)18(11)4/h6-7,10H,8-9H2,1-5H3/p+1. The second kappa shape index (κ2) is 6.18. The summed E-state index contributed by atoms with van der Waals surface area (Å²) < 4.78 is 12.7. The zero-order valence-corrected chi connectivity index (χ0v) is 13.3.